The number of benzene rings is 1. The Labute approximate surface area is 117 Å². The van der Waals surface area contributed by atoms with E-state index in [0.29, 0.717) is 35.4 Å². The maximum absolute atomic E-state index is 11.2. The van der Waals surface area contributed by atoms with Crippen LogP contribution in [0.25, 0.3) is 0 Å². The van der Waals surface area contributed by atoms with Crippen LogP contribution < -0.4 is 15.8 Å². The van der Waals surface area contributed by atoms with Crippen molar-refractivity contribution in [2.75, 3.05) is 11.1 Å². The van der Waals surface area contributed by atoms with Crippen LogP contribution in [-0.2, 0) is 11.2 Å². The number of nitrogens with one attached hydrogen (secondary N) is 1. The summed E-state index contributed by atoms with van der Waals surface area (Å²) in [5.41, 5.74) is 6.29. The summed E-state index contributed by atoms with van der Waals surface area (Å²) in [6.07, 6.45) is 0.661. The zero-order valence-electron chi connectivity index (χ0n) is 11.4. The molecule has 1 heterocycles. The monoisotopic (exact) mass is 272 g/mol. The summed E-state index contributed by atoms with van der Waals surface area (Å²) in [6.45, 7) is 3.37. The fourth-order valence-corrected chi connectivity index (χ4v) is 1.66. The number of ether oxygens (including phenoxy) is 1. The van der Waals surface area contributed by atoms with Gasteiger partial charge in [0, 0.05) is 19.4 Å². The summed E-state index contributed by atoms with van der Waals surface area (Å²) in [5.74, 6) is 1.65. The van der Waals surface area contributed by atoms with Crippen LogP contribution >= 0.6 is 0 Å². The molecule has 0 unspecified atom stereocenters. The molecule has 2 aromatic rings. The summed E-state index contributed by atoms with van der Waals surface area (Å²) in [4.78, 5) is 19.5. The molecule has 0 aliphatic carbocycles. The number of aromatic nitrogens is 2. The van der Waals surface area contributed by atoms with Crippen LogP contribution in [0.4, 0.5) is 11.5 Å². The molecule has 0 fully saturated rings. The average molecular weight is 272 g/mol. The zero-order valence-corrected chi connectivity index (χ0v) is 11.4. The lowest BCUT2D eigenvalue weighted by Gasteiger charge is -2.11. The Hall–Kier alpha value is -2.63. The van der Waals surface area contributed by atoms with Crippen LogP contribution in [0, 0.1) is 0 Å². The number of hydrogen-bond acceptors (Lipinski definition) is 5. The minimum absolute atomic E-state index is 0.169. The lowest BCUT2D eigenvalue weighted by Crippen LogP contribution is -2.07. The fraction of sp³-hybridized carbons (Fsp3) is 0.214. The molecule has 1 aromatic carbocycles. The average Bonchev–Trinajstić information content (AvgIpc) is 2.39. The van der Waals surface area contributed by atoms with Crippen molar-refractivity contribution >= 4 is 17.4 Å². The second-order valence-electron chi connectivity index (χ2n) is 4.18. The molecule has 0 saturated heterocycles. The molecule has 0 aliphatic rings. The summed E-state index contributed by atoms with van der Waals surface area (Å²) in [5, 5.41) is 2.70. The van der Waals surface area contributed by atoms with Crippen molar-refractivity contribution in [1.29, 1.82) is 0 Å². The predicted molar refractivity (Wildman–Crippen MR) is 76.6 cm³/mol. The van der Waals surface area contributed by atoms with E-state index < -0.39 is 0 Å². The van der Waals surface area contributed by atoms with Crippen LogP contribution in [0.15, 0.2) is 30.3 Å². The van der Waals surface area contributed by atoms with Crippen molar-refractivity contribution < 1.29 is 9.53 Å². The predicted octanol–water partition coefficient (Wildman–Crippen LogP) is 2.37. The number of aryl methyl sites for hydroxylation is 1. The number of hydrogen-bond donors (Lipinski definition) is 2. The second-order valence-corrected chi connectivity index (χ2v) is 4.18. The first kappa shape index (κ1) is 13.8. The van der Waals surface area contributed by atoms with Gasteiger partial charge in [-0.15, -0.1) is 0 Å². The number of para-hydroxylation sites is 2. The van der Waals surface area contributed by atoms with Crippen LogP contribution in [-0.4, -0.2) is 15.9 Å². The smallest absolute Gasteiger partial charge is 0.224 e. The molecular weight excluding hydrogens is 256 g/mol. The summed E-state index contributed by atoms with van der Waals surface area (Å²) in [6, 6.07) is 8.66. The molecule has 0 radical (unpaired) electrons. The standard InChI is InChI=1S/C14H16N4O2/c1-3-13-17-12(15)8-14(18-13)20-11-7-5-4-6-10(11)16-9(2)19/h4-8H,3H2,1-2H3,(H,16,19)(H2,15,17,18). The first-order valence-electron chi connectivity index (χ1n) is 6.26. The minimum atomic E-state index is -0.169. The van der Waals surface area contributed by atoms with Crippen LogP contribution in [0.1, 0.15) is 19.7 Å². The molecule has 1 amide bonds. The number of amides is 1. The largest absolute Gasteiger partial charge is 0.437 e. The van der Waals surface area contributed by atoms with Crippen molar-refractivity contribution in [3.8, 4) is 11.6 Å². The van der Waals surface area contributed by atoms with Gasteiger partial charge in [0.1, 0.15) is 11.6 Å². The van der Waals surface area contributed by atoms with Gasteiger partial charge < -0.3 is 15.8 Å². The highest BCUT2D eigenvalue weighted by atomic mass is 16.5. The highest BCUT2D eigenvalue weighted by Crippen LogP contribution is 2.28. The third-order valence-electron chi connectivity index (χ3n) is 2.50. The van der Waals surface area contributed by atoms with Gasteiger partial charge >= 0.3 is 0 Å². The SMILES string of the molecule is CCc1nc(N)cc(Oc2ccccc2NC(C)=O)n1. The van der Waals surface area contributed by atoms with Gasteiger partial charge in [-0.05, 0) is 12.1 Å². The highest BCUT2D eigenvalue weighted by molar-refractivity contribution is 5.90. The summed E-state index contributed by atoms with van der Waals surface area (Å²) in [7, 11) is 0. The van der Waals surface area contributed by atoms with Crippen LogP contribution in [0.5, 0.6) is 11.6 Å². The number of nitrogen functional groups attached to an aromatic ring is 1. The van der Waals surface area contributed by atoms with Crippen molar-refractivity contribution in [3.63, 3.8) is 0 Å². The maximum atomic E-state index is 11.2. The zero-order chi connectivity index (χ0) is 14.5. The van der Waals surface area contributed by atoms with E-state index in [1.54, 1.807) is 18.2 Å². The Balaban J connectivity index is 2.30. The van der Waals surface area contributed by atoms with Crippen molar-refractivity contribution in [3.05, 3.63) is 36.2 Å². The fourth-order valence-electron chi connectivity index (χ4n) is 1.66. The number of nitrogens with zero attached hydrogens (tertiary/aromatic N) is 2. The summed E-state index contributed by atoms with van der Waals surface area (Å²) >= 11 is 0. The molecule has 0 bridgehead atoms. The highest BCUT2D eigenvalue weighted by Gasteiger charge is 2.08. The Bertz CT molecular complexity index is 628. The molecule has 3 N–H and O–H groups in total. The number of rotatable bonds is 4. The Morgan fingerprint density at radius 2 is 2.10 bits per heavy atom. The molecule has 0 saturated carbocycles. The number of carbonyl (C=O) groups is 1. The molecule has 0 spiro atoms. The molecular formula is C14H16N4O2. The van der Waals surface area contributed by atoms with Gasteiger partial charge in [0.2, 0.25) is 11.8 Å². The van der Waals surface area contributed by atoms with Gasteiger partial charge in [-0.1, -0.05) is 19.1 Å². The summed E-state index contributed by atoms with van der Waals surface area (Å²) < 4.78 is 5.69. The van der Waals surface area contributed by atoms with Crippen molar-refractivity contribution in [2.24, 2.45) is 0 Å². The van der Waals surface area contributed by atoms with E-state index in [-0.39, 0.29) is 5.91 Å². The third-order valence-corrected chi connectivity index (χ3v) is 2.50. The van der Waals surface area contributed by atoms with Gasteiger partial charge in [-0.2, -0.15) is 4.98 Å². The van der Waals surface area contributed by atoms with Gasteiger partial charge in [-0.3, -0.25) is 4.79 Å². The van der Waals surface area contributed by atoms with Crippen LogP contribution in [0.3, 0.4) is 0 Å². The van der Waals surface area contributed by atoms with E-state index in [0.717, 1.165) is 0 Å². The third kappa shape index (κ3) is 3.44. The topological polar surface area (TPSA) is 90.1 Å². The van der Waals surface area contributed by atoms with E-state index >= 15 is 0 Å². The van der Waals surface area contributed by atoms with E-state index in [9.17, 15) is 4.79 Å². The molecule has 104 valence electrons. The lowest BCUT2D eigenvalue weighted by atomic mass is 10.3. The quantitative estimate of drug-likeness (QED) is 0.891. The molecule has 20 heavy (non-hydrogen) atoms. The molecule has 0 atom stereocenters. The molecule has 6 nitrogen and oxygen atoms in total. The van der Waals surface area contributed by atoms with Crippen molar-refractivity contribution in [1.82, 2.24) is 9.97 Å². The van der Waals surface area contributed by atoms with E-state index in [1.165, 1.54) is 6.92 Å². The number of carbonyl (C=O) groups excluding carboxylic acids is 1. The molecule has 6 heteroatoms. The van der Waals surface area contributed by atoms with Crippen LogP contribution in [0.2, 0.25) is 0 Å². The number of anilines is 2. The molecule has 1 aromatic heterocycles. The lowest BCUT2D eigenvalue weighted by molar-refractivity contribution is -0.114. The van der Waals surface area contributed by atoms with E-state index in [1.807, 2.05) is 19.1 Å². The first-order valence-corrected chi connectivity index (χ1v) is 6.26. The Kier molecular flexibility index (Phi) is 4.14. The van der Waals surface area contributed by atoms with Crippen molar-refractivity contribution in [2.45, 2.75) is 20.3 Å². The normalized spacial score (nSPS) is 10.1. The van der Waals surface area contributed by atoms with Gasteiger partial charge in [-0.25, -0.2) is 4.98 Å². The van der Waals surface area contributed by atoms with Gasteiger partial charge in [0.05, 0.1) is 5.69 Å². The Morgan fingerprint density at radius 1 is 1.35 bits per heavy atom. The van der Waals surface area contributed by atoms with E-state index in [2.05, 4.69) is 15.3 Å². The first-order chi connectivity index (χ1) is 9.58. The number of nitrogens with two attached hydrogens (primary N) is 1. The molecule has 2 rings (SSSR count). The maximum Gasteiger partial charge on any atom is 0.224 e. The Morgan fingerprint density at radius 3 is 2.80 bits per heavy atom. The van der Waals surface area contributed by atoms with Gasteiger partial charge in [0.25, 0.3) is 0 Å². The molecule has 0 aliphatic heterocycles. The second kappa shape index (κ2) is 6.01. The van der Waals surface area contributed by atoms with Gasteiger partial charge in [0.15, 0.2) is 5.75 Å². The minimum Gasteiger partial charge on any atom is -0.437 e. The van der Waals surface area contributed by atoms with E-state index in [4.69, 9.17) is 10.5 Å².